The Kier molecular flexibility index (Phi) is 5.75. The van der Waals surface area contributed by atoms with E-state index in [0.29, 0.717) is 19.7 Å². The van der Waals surface area contributed by atoms with Gasteiger partial charge in [0, 0.05) is 51.5 Å². The Hall–Kier alpha value is -1.86. The summed E-state index contributed by atoms with van der Waals surface area (Å²) in [5.74, 6) is -0.232. The average molecular weight is 350 g/mol. The quantitative estimate of drug-likeness (QED) is 0.822. The van der Waals surface area contributed by atoms with Gasteiger partial charge in [-0.05, 0) is 38.4 Å². The first-order valence-electron chi connectivity index (χ1n) is 8.84. The van der Waals surface area contributed by atoms with Gasteiger partial charge in [0.2, 0.25) is 0 Å². The predicted octanol–water partition coefficient (Wildman–Crippen LogP) is 1.33. The fourth-order valence-electron chi connectivity index (χ4n) is 3.34. The summed E-state index contributed by atoms with van der Waals surface area (Å²) in [6.45, 7) is 6.09. The van der Waals surface area contributed by atoms with E-state index in [0.717, 1.165) is 38.4 Å². The number of halogens is 1. The maximum atomic E-state index is 13.0. The summed E-state index contributed by atoms with van der Waals surface area (Å²) >= 11 is 0. The first-order chi connectivity index (χ1) is 12.0. The van der Waals surface area contributed by atoms with Crippen LogP contribution in [0.4, 0.5) is 14.9 Å². The van der Waals surface area contributed by atoms with Gasteiger partial charge < -0.3 is 19.4 Å². The largest absolute Gasteiger partial charge is 0.448 e. The van der Waals surface area contributed by atoms with Crippen molar-refractivity contribution >= 4 is 11.8 Å². The van der Waals surface area contributed by atoms with Crippen LogP contribution in [0.5, 0.6) is 0 Å². The molecule has 138 valence electrons. The van der Waals surface area contributed by atoms with Crippen LogP contribution < -0.4 is 4.90 Å². The van der Waals surface area contributed by atoms with E-state index in [9.17, 15) is 9.18 Å². The van der Waals surface area contributed by atoms with E-state index in [1.54, 1.807) is 17.0 Å². The smallest absolute Gasteiger partial charge is 0.409 e. The zero-order chi connectivity index (χ0) is 17.8. The number of anilines is 1. The molecule has 2 heterocycles. The van der Waals surface area contributed by atoms with Crippen LogP contribution in [-0.4, -0.2) is 93.4 Å². The third kappa shape index (κ3) is 4.61. The fraction of sp³-hybridized carbons (Fsp3) is 0.611. The van der Waals surface area contributed by atoms with Crippen molar-refractivity contribution in [2.24, 2.45) is 0 Å². The predicted molar refractivity (Wildman–Crippen MR) is 95.4 cm³/mol. The molecule has 0 N–H and O–H groups in total. The summed E-state index contributed by atoms with van der Waals surface area (Å²) in [6.07, 6.45) is -0.236. The number of nitrogens with zero attached hydrogens (tertiary/aromatic N) is 4. The summed E-state index contributed by atoms with van der Waals surface area (Å²) < 4.78 is 18.6. The first kappa shape index (κ1) is 17.9. The van der Waals surface area contributed by atoms with Gasteiger partial charge in [0.05, 0.1) is 6.04 Å². The third-order valence-electron chi connectivity index (χ3n) is 5.11. The van der Waals surface area contributed by atoms with Gasteiger partial charge in [0.25, 0.3) is 0 Å². The molecule has 3 rings (SSSR count). The lowest BCUT2D eigenvalue weighted by molar-refractivity contribution is 0.0396. The van der Waals surface area contributed by atoms with Crippen molar-refractivity contribution in [2.45, 2.75) is 6.04 Å². The summed E-state index contributed by atoms with van der Waals surface area (Å²) in [6, 6.07) is 6.74. The monoisotopic (exact) mass is 350 g/mol. The minimum Gasteiger partial charge on any atom is -0.448 e. The molecule has 2 saturated heterocycles. The molecule has 7 heteroatoms. The number of benzene rings is 1. The van der Waals surface area contributed by atoms with E-state index in [1.165, 1.54) is 12.1 Å². The Morgan fingerprint density at radius 1 is 1.08 bits per heavy atom. The van der Waals surface area contributed by atoms with Crippen molar-refractivity contribution < 1.29 is 13.9 Å². The number of carbonyl (C=O) groups is 1. The fourth-order valence-corrected chi connectivity index (χ4v) is 3.34. The van der Waals surface area contributed by atoms with Crippen LogP contribution in [0.2, 0.25) is 0 Å². The molecule has 2 fully saturated rings. The van der Waals surface area contributed by atoms with Gasteiger partial charge in [-0.3, -0.25) is 4.90 Å². The maximum Gasteiger partial charge on any atom is 0.409 e. The molecule has 0 aromatic heterocycles. The standard InChI is InChI=1S/C18H27FN4O2/c1-20-7-8-21(2)17(13-20)14-25-18(24)23-11-9-22(10-12-23)16-5-3-15(19)4-6-16/h3-6,17H,7-14H2,1-2H3/t17-/m0/s1. The molecule has 1 amide bonds. The van der Waals surface area contributed by atoms with Gasteiger partial charge in [-0.25, -0.2) is 9.18 Å². The normalized spacial score (nSPS) is 22.9. The van der Waals surface area contributed by atoms with E-state index < -0.39 is 0 Å². The van der Waals surface area contributed by atoms with Crippen molar-refractivity contribution in [3.63, 3.8) is 0 Å². The topological polar surface area (TPSA) is 39.3 Å². The van der Waals surface area contributed by atoms with Gasteiger partial charge in [0.1, 0.15) is 12.4 Å². The minimum atomic E-state index is -0.236. The molecule has 1 atom stereocenters. The zero-order valence-corrected chi connectivity index (χ0v) is 15.0. The molecule has 0 aliphatic carbocycles. The van der Waals surface area contributed by atoms with Crippen LogP contribution in [0.15, 0.2) is 24.3 Å². The molecule has 0 unspecified atom stereocenters. The van der Waals surface area contributed by atoms with E-state index in [-0.39, 0.29) is 18.0 Å². The summed E-state index contributed by atoms with van der Waals surface area (Å²) in [4.78, 5) is 20.8. The van der Waals surface area contributed by atoms with Crippen molar-refractivity contribution in [3.8, 4) is 0 Å². The first-order valence-corrected chi connectivity index (χ1v) is 8.84. The Bertz CT molecular complexity index is 575. The van der Waals surface area contributed by atoms with Crippen LogP contribution >= 0.6 is 0 Å². The molecule has 0 spiro atoms. The van der Waals surface area contributed by atoms with Crippen LogP contribution in [0.3, 0.4) is 0 Å². The van der Waals surface area contributed by atoms with Crippen molar-refractivity contribution in [1.29, 1.82) is 0 Å². The van der Waals surface area contributed by atoms with E-state index in [2.05, 4.69) is 28.8 Å². The molecule has 0 radical (unpaired) electrons. The van der Waals surface area contributed by atoms with Crippen LogP contribution in [0.25, 0.3) is 0 Å². The molecule has 1 aromatic rings. The SMILES string of the molecule is CN1CCN(C)[C@H](COC(=O)N2CCN(c3ccc(F)cc3)CC2)C1. The second-order valence-electron chi connectivity index (χ2n) is 6.92. The number of likely N-dealkylation sites (N-methyl/N-ethyl adjacent to an activating group) is 2. The lowest BCUT2D eigenvalue weighted by atomic mass is 10.2. The molecule has 1 aromatic carbocycles. The Balaban J connectivity index is 1.44. The molecule has 6 nitrogen and oxygen atoms in total. The Morgan fingerprint density at radius 3 is 2.44 bits per heavy atom. The second-order valence-corrected chi connectivity index (χ2v) is 6.92. The average Bonchev–Trinajstić information content (AvgIpc) is 2.63. The number of piperazine rings is 2. The number of hydrogen-bond donors (Lipinski definition) is 0. The number of ether oxygens (including phenoxy) is 1. The van der Waals surface area contributed by atoms with E-state index in [4.69, 9.17) is 4.74 Å². The summed E-state index contributed by atoms with van der Waals surface area (Å²) in [7, 11) is 4.17. The van der Waals surface area contributed by atoms with Gasteiger partial charge in [-0.15, -0.1) is 0 Å². The minimum absolute atomic E-state index is 0.232. The van der Waals surface area contributed by atoms with Crippen LogP contribution in [0.1, 0.15) is 0 Å². The summed E-state index contributed by atoms with van der Waals surface area (Å²) in [5.41, 5.74) is 0.987. The molecule has 0 bridgehead atoms. The van der Waals surface area contributed by atoms with Crippen LogP contribution in [0, 0.1) is 5.82 Å². The van der Waals surface area contributed by atoms with Crippen molar-refractivity contribution in [3.05, 3.63) is 30.1 Å². The summed E-state index contributed by atoms with van der Waals surface area (Å²) in [5, 5.41) is 0. The molecular weight excluding hydrogens is 323 g/mol. The van der Waals surface area contributed by atoms with Gasteiger partial charge in [-0.2, -0.15) is 0 Å². The highest BCUT2D eigenvalue weighted by molar-refractivity contribution is 5.68. The molecular formula is C18H27FN4O2. The molecule has 25 heavy (non-hydrogen) atoms. The van der Waals surface area contributed by atoms with Crippen LogP contribution in [-0.2, 0) is 4.74 Å². The second kappa shape index (κ2) is 8.01. The Labute approximate surface area is 148 Å². The third-order valence-corrected chi connectivity index (χ3v) is 5.11. The van der Waals surface area contributed by atoms with E-state index in [1.807, 2.05) is 0 Å². The highest BCUT2D eigenvalue weighted by Crippen LogP contribution is 2.17. The Morgan fingerprint density at radius 2 is 1.76 bits per heavy atom. The molecule has 0 saturated carbocycles. The zero-order valence-electron chi connectivity index (χ0n) is 15.0. The highest BCUT2D eigenvalue weighted by Gasteiger charge is 2.26. The van der Waals surface area contributed by atoms with Gasteiger partial charge >= 0.3 is 6.09 Å². The lowest BCUT2D eigenvalue weighted by Crippen LogP contribution is -2.53. The maximum absolute atomic E-state index is 13.0. The number of hydrogen-bond acceptors (Lipinski definition) is 5. The number of rotatable bonds is 3. The highest BCUT2D eigenvalue weighted by atomic mass is 19.1. The molecule has 2 aliphatic heterocycles. The van der Waals surface area contributed by atoms with E-state index >= 15 is 0 Å². The van der Waals surface area contributed by atoms with Crippen molar-refractivity contribution in [1.82, 2.24) is 14.7 Å². The number of amides is 1. The molecule has 2 aliphatic rings. The lowest BCUT2D eigenvalue weighted by Gasteiger charge is -2.38. The number of carbonyl (C=O) groups excluding carboxylic acids is 1. The van der Waals surface area contributed by atoms with Gasteiger partial charge in [-0.1, -0.05) is 0 Å². The van der Waals surface area contributed by atoms with Gasteiger partial charge in [0.15, 0.2) is 0 Å². The van der Waals surface area contributed by atoms with Crippen molar-refractivity contribution in [2.75, 3.05) is 71.4 Å².